The molecule has 0 radical (unpaired) electrons. The smallest absolute Gasteiger partial charge is 0.222 e. The molecule has 1 aliphatic heterocycles. The summed E-state index contributed by atoms with van der Waals surface area (Å²) in [5.41, 5.74) is 2.42. The van der Waals surface area contributed by atoms with Crippen LogP contribution in [-0.2, 0) is 4.79 Å². The fourth-order valence-electron chi connectivity index (χ4n) is 3.60. The molecule has 1 saturated heterocycles. The third-order valence-corrected chi connectivity index (χ3v) is 5.00. The zero-order chi connectivity index (χ0) is 20.2. The van der Waals surface area contributed by atoms with Crippen LogP contribution in [0, 0.1) is 0 Å². The van der Waals surface area contributed by atoms with E-state index in [4.69, 9.17) is 4.98 Å². The zero-order valence-corrected chi connectivity index (χ0v) is 16.8. The van der Waals surface area contributed by atoms with Gasteiger partial charge >= 0.3 is 0 Å². The maximum atomic E-state index is 11.7. The molecule has 9 nitrogen and oxygen atoms in total. The third kappa shape index (κ3) is 4.13. The highest BCUT2D eigenvalue weighted by molar-refractivity contribution is 5.86. The van der Waals surface area contributed by atoms with E-state index in [0.717, 1.165) is 49.3 Å². The number of hydrogen-bond acceptors (Lipinski definition) is 7. The number of anilines is 3. The predicted molar refractivity (Wildman–Crippen MR) is 112 cm³/mol. The summed E-state index contributed by atoms with van der Waals surface area (Å²) in [5.74, 6) is 1.68. The summed E-state index contributed by atoms with van der Waals surface area (Å²) >= 11 is 0. The maximum absolute atomic E-state index is 11.7. The van der Waals surface area contributed by atoms with Crippen LogP contribution in [-0.4, -0.2) is 54.9 Å². The van der Waals surface area contributed by atoms with Gasteiger partial charge in [-0.05, 0) is 38.8 Å². The van der Waals surface area contributed by atoms with E-state index in [0.29, 0.717) is 18.2 Å². The van der Waals surface area contributed by atoms with E-state index in [9.17, 15) is 4.79 Å². The van der Waals surface area contributed by atoms with Crippen molar-refractivity contribution in [1.82, 2.24) is 29.4 Å². The first-order valence-electron chi connectivity index (χ1n) is 10.0. The molecule has 1 amide bonds. The van der Waals surface area contributed by atoms with Crippen LogP contribution in [0.1, 0.15) is 39.2 Å². The summed E-state index contributed by atoms with van der Waals surface area (Å²) in [7, 11) is 0. The minimum absolute atomic E-state index is 0.174. The largest absolute Gasteiger partial charge is 0.368 e. The van der Waals surface area contributed by atoms with E-state index < -0.39 is 0 Å². The van der Waals surface area contributed by atoms with Gasteiger partial charge in [-0.3, -0.25) is 14.3 Å². The van der Waals surface area contributed by atoms with Crippen molar-refractivity contribution in [3.05, 3.63) is 30.9 Å². The lowest BCUT2D eigenvalue weighted by Gasteiger charge is -2.15. The van der Waals surface area contributed by atoms with Crippen molar-refractivity contribution >= 4 is 34.5 Å². The topological polar surface area (TPSA) is 101 Å². The van der Waals surface area contributed by atoms with Gasteiger partial charge in [0.1, 0.15) is 6.33 Å². The Labute approximate surface area is 169 Å². The van der Waals surface area contributed by atoms with Crippen molar-refractivity contribution in [1.29, 1.82) is 0 Å². The van der Waals surface area contributed by atoms with Gasteiger partial charge in [-0.15, -0.1) is 0 Å². The Kier molecular flexibility index (Phi) is 5.55. The monoisotopic (exact) mass is 394 g/mol. The van der Waals surface area contributed by atoms with E-state index in [1.807, 2.05) is 17.0 Å². The van der Waals surface area contributed by atoms with Crippen LogP contribution in [0.4, 0.5) is 17.5 Å². The minimum atomic E-state index is 0.174. The number of nitrogens with one attached hydrogen (secondary N) is 2. The molecule has 4 heterocycles. The molecular weight excluding hydrogens is 368 g/mol. The number of carbonyl (C=O) groups excluding carboxylic acids is 1. The number of fused-ring (bicyclic) bond motifs is 1. The summed E-state index contributed by atoms with van der Waals surface area (Å²) in [6.07, 6.45) is 7.55. The first kappa shape index (κ1) is 19.1. The summed E-state index contributed by atoms with van der Waals surface area (Å²) in [4.78, 5) is 31.4. The Bertz CT molecular complexity index is 985. The molecule has 1 aliphatic rings. The number of pyridine rings is 1. The van der Waals surface area contributed by atoms with Crippen LogP contribution in [0.5, 0.6) is 0 Å². The fourth-order valence-corrected chi connectivity index (χ4v) is 3.60. The molecule has 3 aromatic heterocycles. The second-order valence-electron chi connectivity index (χ2n) is 7.42. The molecule has 0 spiro atoms. The van der Waals surface area contributed by atoms with Gasteiger partial charge in [0.25, 0.3) is 0 Å². The lowest BCUT2D eigenvalue weighted by atomic mass is 10.3. The second-order valence-corrected chi connectivity index (χ2v) is 7.42. The number of likely N-dealkylation sites (tertiary alicyclic amines) is 1. The van der Waals surface area contributed by atoms with Crippen molar-refractivity contribution < 1.29 is 4.79 Å². The van der Waals surface area contributed by atoms with E-state index in [1.165, 1.54) is 0 Å². The average molecular weight is 394 g/mol. The molecule has 1 fully saturated rings. The Morgan fingerprint density at radius 2 is 2.03 bits per heavy atom. The van der Waals surface area contributed by atoms with Gasteiger partial charge in [-0.2, -0.15) is 0 Å². The van der Waals surface area contributed by atoms with E-state index in [1.54, 1.807) is 18.7 Å². The molecule has 2 N–H and O–H groups in total. The molecule has 0 unspecified atom stereocenters. The normalized spacial score (nSPS) is 14.2. The van der Waals surface area contributed by atoms with Crippen molar-refractivity contribution in [3.63, 3.8) is 0 Å². The molecule has 0 bridgehead atoms. The number of carbonyl (C=O) groups is 1. The minimum Gasteiger partial charge on any atom is -0.368 e. The number of nitrogens with zero attached hydrogens (tertiary/aromatic N) is 6. The number of rotatable bonds is 8. The highest BCUT2D eigenvalue weighted by Gasteiger charge is 2.20. The van der Waals surface area contributed by atoms with Crippen molar-refractivity contribution in [2.75, 3.05) is 30.3 Å². The van der Waals surface area contributed by atoms with Gasteiger partial charge < -0.3 is 15.5 Å². The van der Waals surface area contributed by atoms with Crippen LogP contribution >= 0.6 is 0 Å². The first-order chi connectivity index (χ1) is 14.1. The van der Waals surface area contributed by atoms with E-state index >= 15 is 0 Å². The fraction of sp³-hybridized carbons (Fsp3) is 0.450. The SMILES string of the molecule is CC(C)n1c(Nc2ccncc2)nc2c(NCCCN3CCCC3=O)ncnc21. The average Bonchev–Trinajstić information content (AvgIpc) is 3.29. The Balaban J connectivity index is 1.52. The van der Waals surface area contributed by atoms with Gasteiger partial charge in [0, 0.05) is 50.2 Å². The van der Waals surface area contributed by atoms with Gasteiger partial charge in [0.05, 0.1) is 0 Å². The van der Waals surface area contributed by atoms with Crippen LogP contribution in [0.3, 0.4) is 0 Å². The summed E-state index contributed by atoms with van der Waals surface area (Å²) in [6, 6.07) is 3.97. The summed E-state index contributed by atoms with van der Waals surface area (Å²) in [6.45, 7) is 6.56. The lowest BCUT2D eigenvalue weighted by Crippen LogP contribution is -2.27. The molecule has 0 aromatic carbocycles. The van der Waals surface area contributed by atoms with Crippen molar-refractivity contribution in [2.24, 2.45) is 0 Å². The number of amides is 1. The van der Waals surface area contributed by atoms with Gasteiger partial charge in [-0.1, -0.05) is 0 Å². The van der Waals surface area contributed by atoms with Crippen LogP contribution in [0.2, 0.25) is 0 Å². The number of hydrogen-bond donors (Lipinski definition) is 2. The molecule has 4 rings (SSSR count). The standard InChI is InChI=1S/C20H26N8O/c1-14(2)28-19-17(26-20(28)25-15-6-9-21-10-7-15)18(23-13-24-19)22-8-4-12-27-11-3-5-16(27)29/h6-7,9-10,13-14H,3-5,8,11-12H2,1-2H3,(H,21,25,26)(H,22,23,24). The van der Waals surface area contributed by atoms with Gasteiger partial charge in [0.15, 0.2) is 17.0 Å². The zero-order valence-electron chi connectivity index (χ0n) is 16.8. The van der Waals surface area contributed by atoms with Crippen molar-refractivity contribution in [2.45, 2.75) is 39.2 Å². The van der Waals surface area contributed by atoms with Crippen molar-refractivity contribution in [3.8, 4) is 0 Å². The Morgan fingerprint density at radius 3 is 2.76 bits per heavy atom. The Morgan fingerprint density at radius 1 is 1.21 bits per heavy atom. The first-order valence-corrected chi connectivity index (χ1v) is 10.0. The van der Waals surface area contributed by atoms with Gasteiger partial charge in [0.2, 0.25) is 11.9 Å². The van der Waals surface area contributed by atoms with E-state index in [-0.39, 0.29) is 11.9 Å². The summed E-state index contributed by atoms with van der Waals surface area (Å²) in [5, 5.41) is 6.72. The van der Waals surface area contributed by atoms with Crippen LogP contribution < -0.4 is 10.6 Å². The second kappa shape index (κ2) is 8.42. The third-order valence-electron chi connectivity index (χ3n) is 5.00. The van der Waals surface area contributed by atoms with Gasteiger partial charge in [-0.25, -0.2) is 15.0 Å². The molecule has 0 atom stereocenters. The molecule has 29 heavy (non-hydrogen) atoms. The molecule has 152 valence electrons. The van der Waals surface area contributed by atoms with Crippen LogP contribution in [0.15, 0.2) is 30.9 Å². The van der Waals surface area contributed by atoms with E-state index in [2.05, 4.69) is 44.0 Å². The molecule has 3 aromatic rings. The number of imidazole rings is 1. The predicted octanol–water partition coefficient (Wildman–Crippen LogP) is 2.97. The molecular formula is C20H26N8O. The van der Waals surface area contributed by atoms with Crippen LogP contribution in [0.25, 0.3) is 11.2 Å². The molecule has 9 heteroatoms. The highest BCUT2D eigenvalue weighted by Crippen LogP contribution is 2.28. The molecule has 0 saturated carbocycles. The highest BCUT2D eigenvalue weighted by atomic mass is 16.2. The molecule has 0 aliphatic carbocycles. The maximum Gasteiger partial charge on any atom is 0.222 e. The Hall–Kier alpha value is -3.23. The number of aromatic nitrogens is 5. The quantitative estimate of drug-likeness (QED) is 0.566. The summed E-state index contributed by atoms with van der Waals surface area (Å²) < 4.78 is 2.06. The lowest BCUT2D eigenvalue weighted by molar-refractivity contribution is -0.127.